The molecular formula is C10H13N5. The molecule has 0 aromatic carbocycles. The molecule has 0 bridgehead atoms. The fraction of sp³-hybridized carbons (Fsp3) is 0.300. The maximum Gasteiger partial charge on any atom is 0.176 e. The van der Waals surface area contributed by atoms with Crippen molar-refractivity contribution < 1.29 is 0 Å². The van der Waals surface area contributed by atoms with Crippen LogP contribution in [0, 0.1) is 0 Å². The number of pyridine rings is 1. The molecule has 2 aromatic heterocycles. The second-order valence-corrected chi connectivity index (χ2v) is 3.23. The molecule has 0 saturated heterocycles. The number of aryl methyl sites for hydroxylation is 1. The molecule has 0 saturated carbocycles. The van der Waals surface area contributed by atoms with Crippen LogP contribution in [0.3, 0.4) is 0 Å². The smallest absolute Gasteiger partial charge is 0.176 e. The van der Waals surface area contributed by atoms with Gasteiger partial charge in [-0.3, -0.25) is 4.98 Å². The van der Waals surface area contributed by atoms with Gasteiger partial charge < -0.3 is 5.73 Å². The minimum atomic E-state index is 0.561. The highest BCUT2D eigenvalue weighted by Gasteiger charge is 2.08. The summed E-state index contributed by atoms with van der Waals surface area (Å²) in [5.41, 5.74) is 6.28. The number of nitrogens with two attached hydrogens (primary N) is 1. The summed E-state index contributed by atoms with van der Waals surface area (Å²) < 4.78 is 1.73. The van der Waals surface area contributed by atoms with Crippen LogP contribution in [0.5, 0.6) is 0 Å². The molecule has 78 valence electrons. The zero-order valence-electron chi connectivity index (χ0n) is 8.59. The van der Waals surface area contributed by atoms with Crippen LogP contribution in [-0.2, 0) is 13.5 Å². The predicted octanol–water partition coefficient (Wildman–Crippen LogP) is 0.378. The fourth-order valence-corrected chi connectivity index (χ4v) is 1.39. The number of aromatic nitrogens is 4. The Morgan fingerprint density at radius 1 is 1.40 bits per heavy atom. The molecule has 0 amide bonds. The lowest BCUT2D eigenvalue weighted by Gasteiger charge is -1.96. The first-order valence-electron chi connectivity index (χ1n) is 4.82. The summed E-state index contributed by atoms with van der Waals surface area (Å²) in [7, 11) is 1.86. The van der Waals surface area contributed by atoms with Crippen molar-refractivity contribution in [2.24, 2.45) is 12.8 Å². The Hall–Kier alpha value is -1.75. The van der Waals surface area contributed by atoms with Crippen molar-refractivity contribution in [2.75, 3.05) is 6.54 Å². The fourth-order valence-electron chi connectivity index (χ4n) is 1.39. The third kappa shape index (κ3) is 2.02. The largest absolute Gasteiger partial charge is 0.330 e. The summed E-state index contributed by atoms with van der Waals surface area (Å²) in [5.74, 6) is 1.54. The quantitative estimate of drug-likeness (QED) is 0.782. The minimum absolute atomic E-state index is 0.561. The van der Waals surface area contributed by atoms with Crippen LogP contribution in [-0.4, -0.2) is 26.3 Å². The van der Waals surface area contributed by atoms with Crippen molar-refractivity contribution in [1.29, 1.82) is 0 Å². The summed E-state index contributed by atoms with van der Waals surface area (Å²) in [6, 6.07) is 5.72. The topological polar surface area (TPSA) is 69.6 Å². The molecule has 5 heteroatoms. The molecule has 0 aliphatic carbocycles. The van der Waals surface area contributed by atoms with Crippen LogP contribution in [0.2, 0.25) is 0 Å². The van der Waals surface area contributed by atoms with Crippen molar-refractivity contribution in [2.45, 2.75) is 6.42 Å². The number of nitrogens with zero attached hydrogens (tertiary/aromatic N) is 4. The van der Waals surface area contributed by atoms with Gasteiger partial charge in [0.15, 0.2) is 11.6 Å². The van der Waals surface area contributed by atoms with E-state index in [1.807, 2.05) is 25.2 Å². The molecule has 2 N–H and O–H groups in total. The first-order chi connectivity index (χ1) is 7.31. The lowest BCUT2D eigenvalue weighted by atomic mass is 10.3. The van der Waals surface area contributed by atoms with Gasteiger partial charge in [0.2, 0.25) is 0 Å². The van der Waals surface area contributed by atoms with Crippen molar-refractivity contribution in [3.63, 3.8) is 0 Å². The molecular weight excluding hydrogens is 190 g/mol. The maximum atomic E-state index is 5.45. The summed E-state index contributed by atoms with van der Waals surface area (Å²) in [6.07, 6.45) is 2.44. The van der Waals surface area contributed by atoms with Gasteiger partial charge in [0.25, 0.3) is 0 Å². The Labute approximate surface area is 88.0 Å². The molecule has 2 rings (SSSR count). The zero-order chi connectivity index (χ0) is 10.7. The summed E-state index contributed by atoms with van der Waals surface area (Å²) >= 11 is 0. The van der Waals surface area contributed by atoms with Crippen LogP contribution < -0.4 is 5.73 Å². The number of hydrogen-bond acceptors (Lipinski definition) is 4. The van der Waals surface area contributed by atoms with E-state index in [2.05, 4.69) is 15.1 Å². The first-order valence-corrected chi connectivity index (χ1v) is 4.82. The van der Waals surface area contributed by atoms with Gasteiger partial charge in [-0.2, -0.15) is 5.10 Å². The van der Waals surface area contributed by atoms with Gasteiger partial charge in [0, 0.05) is 19.7 Å². The molecule has 0 aliphatic rings. The highest BCUT2D eigenvalue weighted by Crippen LogP contribution is 2.12. The van der Waals surface area contributed by atoms with Gasteiger partial charge in [-0.15, -0.1) is 0 Å². The van der Waals surface area contributed by atoms with E-state index in [0.717, 1.165) is 17.3 Å². The Bertz CT molecular complexity index is 434. The van der Waals surface area contributed by atoms with Crippen LogP contribution in [0.25, 0.3) is 11.5 Å². The van der Waals surface area contributed by atoms with Gasteiger partial charge in [-0.1, -0.05) is 6.07 Å². The molecule has 2 heterocycles. The Morgan fingerprint density at radius 2 is 2.27 bits per heavy atom. The minimum Gasteiger partial charge on any atom is -0.330 e. The van der Waals surface area contributed by atoms with Gasteiger partial charge in [-0.25, -0.2) is 9.67 Å². The number of rotatable bonds is 3. The van der Waals surface area contributed by atoms with E-state index in [0.29, 0.717) is 13.0 Å². The average molecular weight is 203 g/mol. The van der Waals surface area contributed by atoms with Crippen molar-refractivity contribution in [1.82, 2.24) is 19.7 Å². The molecule has 5 nitrogen and oxygen atoms in total. The van der Waals surface area contributed by atoms with Crippen LogP contribution in [0.1, 0.15) is 5.82 Å². The first kappa shape index (κ1) is 9.79. The monoisotopic (exact) mass is 203 g/mol. The van der Waals surface area contributed by atoms with Gasteiger partial charge in [0.1, 0.15) is 5.69 Å². The normalized spacial score (nSPS) is 10.5. The maximum absolute atomic E-state index is 5.45. The van der Waals surface area contributed by atoms with Gasteiger partial charge in [0.05, 0.1) is 0 Å². The van der Waals surface area contributed by atoms with Gasteiger partial charge >= 0.3 is 0 Å². The average Bonchev–Trinajstić information content (AvgIpc) is 2.61. The Balaban J connectivity index is 2.36. The lowest BCUT2D eigenvalue weighted by molar-refractivity contribution is 0.743. The van der Waals surface area contributed by atoms with Crippen LogP contribution in [0.4, 0.5) is 0 Å². The van der Waals surface area contributed by atoms with Crippen molar-refractivity contribution >= 4 is 0 Å². The molecule has 0 unspecified atom stereocenters. The predicted molar refractivity (Wildman–Crippen MR) is 57.0 cm³/mol. The van der Waals surface area contributed by atoms with Crippen LogP contribution in [0.15, 0.2) is 24.4 Å². The third-order valence-corrected chi connectivity index (χ3v) is 2.07. The molecule has 0 aliphatic heterocycles. The second-order valence-electron chi connectivity index (χ2n) is 3.23. The summed E-state index contributed by atoms with van der Waals surface area (Å²) in [6.45, 7) is 0.561. The lowest BCUT2D eigenvalue weighted by Crippen LogP contribution is -2.04. The van der Waals surface area contributed by atoms with E-state index in [1.165, 1.54) is 0 Å². The van der Waals surface area contributed by atoms with E-state index in [4.69, 9.17) is 5.73 Å². The Kier molecular flexibility index (Phi) is 2.73. The van der Waals surface area contributed by atoms with E-state index in [9.17, 15) is 0 Å². The Morgan fingerprint density at radius 3 is 2.93 bits per heavy atom. The molecule has 0 spiro atoms. The van der Waals surface area contributed by atoms with Crippen molar-refractivity contribution in [3.05, 3.63) is 30.2 Å². The molecule has 0 atom stereocenters. The highest BCUT2D eigenvalue weighted by atomic mass is 15.3. The number of hydrogen-bond donors (Lipinski definition) is 1. The van der Waals surface area contributed by atoms with Crippen molar-refractivity contribution in [3.8, 4) is 11.5 Å². The van der Waals surface area contributed by atoms with E-state index in [-0.39, 0.29) is 0 Å². The van der Waals surface area contributed by atoms with E-state index < -0.39 is 0 Å². The third-order valence-electron chi connectivity index (χ3n) is 2.07. The molecule has 2 aromatic rings. The standard InChI is InChI=1S/C10H13N5/c1-15-10(8-4-2-3-7-12-8)13-9(14-15)5-6-11/h2-4,7H,5-6,11H2,1H3. The molecule has 0 radical (unpaired) electrons. The van der Waals surface area contributed by atoms with E-state index in [1.54, 1.807) is 10.9 Å². The zero-order valence-corrected chi connectivity index (χ0v) is 8.59. The molecule has 0 fully saturated rings. The van der Waals surface area contributed by atoms with Crippen LogP contribution >= 0.6 is 0 Å². The highest BCUT2D eigenvalue weighted by molar-refractivity contribution is 5.48. The summed E-state index contributed by atoms with van der Waals surface area (Å²) in [5, 5.41) is 4.26. The SMILES string of the molecule is Cn1nc(CCN)nc1-c1ccccn1. The van der Waals surface area contributed by atoms with E-state index >= 15 is 0 Å². The van der Waals surface area contributed by atoms with Gasteiger partial charge in [-0.05, 0) is 18.7 Å². The summed E-state index contributed by atoms with van der Waals surface area (Å²) in [4.78, 5) is 8.61. The molecule has 15 heavy (non-hydrogen) atoms. The second kappa shape index (κ2) is 4.18.